The van der Waals surface area contributed by atoms with Gasteiger partial charge in [0.25, 0.3) is 10.0 Å². The van der Waals surface area contributed by atoms with E-state index in [-0.39, 0.29) is 17.2 Å². The molecule has 6 heteroatoms. The van der Waals surface area contributed by atoms with Crippen LogP contribution in [0, 0.1) is 0 Å². The summed E-state index contributed by atoms with van der Waals surface area (Å²) in [7, 11) is -3.73. The van der Waals surface area contributed by atoms with Gasteiger partial charge < -0.3 is 5.32 Å². The van der Waals surface area contributed by atoms with Gasteiger partial charge in [-0.05, 0) is 47.0 Å². The third kappa shape index (κ3) is 3.19. The summed E-state index contributed by atoms with van der Waals surface area (Å²) in [5.74, 6) is -0.0874. The Bertz CT molecular complexity index is 1090. The van der Waals surface area contributed by atoms with Gasteiger partial charge in [-0.15, -0.1) is 0 Å². The molecule has 3 aromatic rings. The van der Waals surface area contributed by atoms with Crippen molar-refractivity contribution in [2.24, 2.45) is 0 Å². The molecular formula is C20H16N2O3S. The molecule has 0 aliphatic carbocycles. The number of anilines is 2. The van der Waals surface area contributed by atoms with Crippen molar-refractivity contribution >= 4 is 27.3 Å². The van der Waals surface area contributed by atoms with E-state index in [4.69, 9.17) is 0 Å². The van der Waals surface area contributed by atoms with E-state index in [1.54, 1.807) is 36.4 Å². The van der Waals surface area contributed by atoms with Crippen LogP contribution < -0.4 is 10.0 Å². The van der Waals surface area contributed by atoms with Crippen LogP contribution in [0.2, 0.25) is 0 Å². The van der Waals surface area contributed by atoms with Crippen molar-refractivity contribution in [2.75, 3.05) is 10.0 Å². The van der Waals surface area contributed by atoms with Gasteiger partial charge in [0.1, 0.15) is 0 Å². The van der Waals surface area contributed by atoms with Crippen molar-refractivity contribution in [1.82, 2.24) is 0 Å². The highest BCUT2D eigenvalue weighted by Gasteiger charge is 2.20. The van der Waals surface area contributed by atoms with E-state index in [0.29, 0.717) is 5.69 Å². The van der Waals surface area contributed by atoms with E-state index in [1.165, 1.54) is 0 Å². The fourth-order valence-corrected chi connectivity index (χ4v) is 4.08. The first-order chi connectivity index (χ1) is 12.5. The molecule has 2 N–H and O–H groups in total. The first-order valence-electron chi connectivity index (χ1n) is 8.12. The van der Waals surface area contributed by atoms with Gasteiger partial charge >= 0.3 is 0 Å². The van der Waals surface area contributed by atoms with Crippen LogP contribution in [0.15, 0.2) is 77.7 Å². The van der Waals surface area contributed by atoms with Gasteiger partial charge in [0.05, 0.1) is 11.3 Å². The summed E-state index contributed by atoms with van der Waals surface area (Å²) in [5.41, 5.74) is 3.73. The molecule has 3 aromatic carbocycles. The number of amides is 1. The minimum absolute atomic E-state index is 0.0874. The number of hydrogen-bond donors (Lipinski definition) is 2. The van der Waals surface area contributed by atoms with Gasteiger partial charge in [-0.3, -0.25) is 9.52 Å². The number of nitrogens with one attached hydrogen (secondary N) is 2. The fourth-order valence-electron chi connectivity index (χ4n) is 2.98. The Morgan fingerprint density at radius 2 is 1.62 bits per heavy atom. The highest BCUT2D eigenvalue weighted by molar-refractivity contribution is 7.92. The molecule has 0 aromatic heterocycles. The van der Waals surface area contributed by atoms with E-state index in [1.807, 2.05) is 36.4 Å². The first kappa shape index (κ1) is 16.4. The summed E-state index contributed by atoms with van der Waals surface area (Å²) >= 11 is 0. The number of hydrogen-bond acceptors (Lipinski definition) is 3. The van der Waals surface area contributed by atoms with Gasteiger partial charge in [0, 0.05) is 11.4 Å². The van der Waals surface area contributed by atoms with Crippen molar-refractivity contribution in [3.8, 4) is 11.1 Å². The molecule has 26 heavy (non-hydrogen) atoms. The van der Waals surface area contributed by atoms with Gasteiger partial charge in [-0.25, -0.2) is 8.42 Å². The van der Waals surface area contributed by atoms with Crippen molar-refractivity contribution < 1.29 is 13.2 Å². The van der Waals surface area contributed by atoms with Crippen LogP contribution in [-0.4, -0.2) is 14.3 Å². The molecule has 1 heterocycles. The number of fused-ring (bicyclic) bond motifs is 1. The topological polar surface area (TPSA) is 75.3 Å². The Balaban J connectivity index is 1.64. The summed E-state index contributed by atoms with van der Waals surface area (Å²) in [6.45, 7) is 0. The number of sulfonamides is 1. The predicted molar refractivity (Wildman–Crippen MR) is 101 cm³/mol. The zero-order valence-corrected chi connectivity index (χ0v) is 14.6. The summed E-state index contributed by atoms with van der Waals surface area (Å²) < 4.78 is 28.1. The second kappa shape index (κ2) is 6.31. The molecule has 0 radical (unpaired) electrons. The zero-order chi connectivity index (χ0) is 18.1. The Hall–Kier alpha value is -3.12. The van der Waals surface area contributed by atoms with Crippen molar-refractivity contribution in [1.29, 1.82) is 0 Å². The van der Waals surface area contributed by atoms with Gasteiger partial charge in [-0.1, -0.05) is 42.5 Å². The molecule has 0 bridgehead atoms. The third-order valence-electron chi connectivity index (χ3n) is 4.23. The standard InChI is InChI=1S/C20H16N2O3S/c23-20-13-16-11-17(9-10-19(16)21-20)22-26(24,25)18-8-4-7-15(12-18)14-5-2-1-3-6-14/h1-12,22H,13H2,(H,21,23). The maximum atomic E-state index is 12.8. The van der Waals surface area contributed by atoms with Gasteiger partial charge in [-0.2, -0.15) is 0 Å². The average Bonchev–Trinajstić information content (AvgIpc) is 3.01. The Kier molecular flexibility index (Phi) is 3.97. The van der Waals surface area contributed by atoms with Crippen LogP contribution >= 0.6 is 0 Å². The number of rotatable bonds is 4. The maximum Gasteiger partial charge on any atom is 0.261 e. The number of benzene rings is 3. The van der Waals surface area contributed by atoms with Crippen LogP contribution in [0.4, 0.5) is 11.4 Å². The summed E-state index contributed by atoms with van der Waals surface area (Å²) in [5, 5.41) is 2.73. The second-order valence-electron chi connectivity index (χ2n) is 6.10. The molecule has 1 amide bonds. The lowest BCUT2D eigenvalue weighted by atomic mass is 10.1. The van der Waals surface area contributed by atoms with Crippen molar-refractivity contribution in [3.63, 3.8) is 0 Å². The third-order valence-corrected chi connectivity index (χ3v) is 5.61. The normalized spacial score (nSPS) is 13.2. The van der Waals surface area contributed by atoms with E-state index in [9.17, 15) is 13.2 Å². The molecule has 4 rings (SSSR count). The largest absolute Gasteiger partial charge is 0.326 e. The molecule has 0 saturated heterocycles. The maximum absolute atomic E-state index is 12.8. The van der Waals surface area contributed by atoms with E-state index in [2.05, 4.69) is 10.0 Å². The Morgan fingerprint density at radius 1 is 0.846 bits per heavy atom. The number of carbonyl (C=O) groups is 1. The van der Waals surface area contributed by atoms with Gasteiger partial charge in [0.15, 0.2) is 0 Å². The van der Waals surface area contributed by atoms with Gasteiger partial charge in [0.2, 0.25) is 5.91 Å². The molecule has 5 nitrogen and oxygen atoms in total. The molecule has 130 valence electrons. The van der Waals surface area contributed by atoms with Crippen LogP contribution in [-0.2, 0) is 21.2 Å². The number of carbonyl (C=O) groups excluding carboxylic acids is 1. The molecule has 0 spiro atoms. The lowest BCUT2D eigenvalue weighted by Gasteiger charge is -2.11. The van der Waals surface area contributed by atoms with Crippen LogP contribution in [0.25, 0.3) is 11.1 Å². The van der Waals surface area contributed by atoms with Crippen molar-refractivity contribution in [3.05, 3.63) is 78.4 Å². The Labute approximate surface area is 151 Å². The predicted octanol–water partition coefficient (Wildman–Crippen LogP) is 3.65. The van der Waals surface area contributed by atoms with Crippen LogP contribution in [0.1, 0.15) is 5.56 Å². The molecule has 1 aliphatic heterocycles. The molecule has 1 aliphatic rings. The monoisotopic (exact) mass is 364 g/mol. The highest BCUT2D eigenvalue weighted by atomic mass is 32.2. The zero-order valence-electron chi connectivity index (χ0n) is 13.8. The lowest BCUT2D eigenvalue weighted by Crippen LogP contribution is -2.13. The molecular weight excluding hydrogens is 348 g/mol. The fraction of sp³-hybridized carbons (Fsp3) is 0.0500. The van der Waals surface area contributed by atoms with Crippen molar-refractivity contribution in [2.45, 2.75) is 11.3 Å². The van der Waals surface area contributed by atoms with E-state index in [0.717, 1.165) is 22.4 Å². The Morgan fingerprint density at radius 3 is 2.42 bits per heavy atom. The lowest BCUT2D eigenvalue weighted by molar-refractivity contribution is -0.115. The van der Waals surface area contributed by atoms with Crippen LogP contribution in [0.3, 0.4) is 0 Å². The van der Waals surface area contributed by atoms with E-state index < -0.39 is 10.0 Å². The smallest absolute Gasteiger partial charge is 0.261 e. The minimum atomic E-state index is -3.73. The summed E-state index contributed by atoms with van der Waals surface area (Å²) in [6.07, 6.45) is 0.258. The van der Waals surface area contributed by atoms with E-state index >= 15 is 0 Å². The SMILES string of the molecule is O=C1Cc2cc(NS(=O)(=O)c3cccc(-c4ccccc4)c3)ccc2N1. The average molecular weight is 364 g/mol. The quantitative estimate of drug-likeness (QED) is 0.742. The highest BCUT2D eigenvalue weighted by Crippen LogP contribution is 2.28. The summed E-state index contributed by atoms with van der Waals surface area (Å²) in [4.78, 5) is 11.6. The van der Waals surface area contributed by atoms with Crippen LogP contribution in [0.5, 0.6) is 0 Å². The molecule has 0 atom stereocenters. The first-order valence-corrected chi connectivity index (χ1v) is 9.61. The minimum Gasteiger partial charge on any atom is -0.326 e. The second-order valence-corrected chi connectivity index (χ2v) is 7.78. The molecule has 0 unspecified atom stereocenters. The molecule has 0 fully saturated rings. The summed E-state index contributed by atoms with van der Waals surface area (Å²) in [6, 6.07) is 21.5. The molecule has 0 saturated carbocycles.